The summed E-state index contributed by atoms with van der Waals surface area (Å²) < 4.78 is 2.57. The summed E-state index contributed by atoms with van der Waals surface area (Å²) in [5, 5.41) is 28.5. The fraction of sp³-hybridized carbons (Fsp3) is 0.211. The van der Waals surface area contributed by atoms with Gasteiger partial charge in [-0.15, -0.1) is 10.2 Å². The molecule has 0 atom stereocenters. The molecule has 0 radical (unpaired) electrons. The highest BCUT2D eigenvalue weighted by atomic mass is 16.3. The number of nitrogens with zero attached hydrogens (tertiary/aromatic N) is 6. The Morgan fingerprint density at radius 3 is 2.70 bits per heavy atom. The third-order valence-corrected chi connectivity index (χ3v) is 4.27. The van der Waals surface area contributed by atoms with Crippen molar-refractivity contribution in [3.63, 3.8) is 0 Å². The van der Waals surface area contributed by atoms with E-state index in [9.17, 15) is 9.90 Å². The molecule has 1 N–H and O–H groups in total. The van der Waals surface area contributed by atoms with Crippen LogP contribution in [0.4, 0.5) is 0 Å². The largest absolute Gasteiger partial charge is 0.507 e. The third-order valence-electron chi connectivity index (χ3n) is 4.27. The van der Waals surface area contributed by atoms with E-state index in [2.05, 4.69) is 20.4 Å². The van der Waals surface area contributed by atoms with Gasteiger partial charge in [-0.2, -0.15) is 19.4 Å². The van der Waals surface area contributed by atoms with Crippen LogP contribution in [0.2, 0.25) is 0 Å². The molecule has 27 heavy (non-hydrogen) atoms. The Morgan fingerprint density at radius 2 is 1.93 bits per heavy atom. The average Bonchev–Trinajstić information content (AvgIpc) is 3.09. The highest BCUT2D eigenvalue weighted by Gasteiger charge is 2.23. The molecule has 8 nitrogen and oxygen atoms in total. The van der Waals surface area contributed by atoms with Crippen molar-refractivity contribution in [2.75, 3.05) is 0 Å². The maximum absolute atomic E-state index is 12.9. The molecule has 0 aliphatic rings. The lowest BCUT2D eigenvalue weighted by atomic mass is 9.93. The van der Waals surface area contributed by atoms with Gasteiger partial charge in [0.15, 0.2) is 0 Å². The zero-order valence-corrected chi connectivity index (χ0v) is 15.2. The highest BCUT2D eigenvalue weighted by molar-refractivity contribution is 6.02. The van der Waals surface area contributed by atoms with Crippen molar-refractivity contribution >= 4 is 22.8 Å². The molecule has 2 aromatic carbocycles. The molecule has 0 aliphatic carbocycles. The summed E-state index contributed by atoms with van der Waals surface area (Å²) in [6.07, 6.45) is 2.88. The first-order valence-corrected chi connectivity index (χ1v) is 8.45. The van der Waals surface area contributed by atoms with Crippen LogP contribution in [-0.2, 0) is 5.41 Å². The van der Waals surface area contributed by atoms with Gasteiger partial charge in [0.25, 0.3) is 11.3 Å². The van der Waals surface area contributed by atoms with Gasteiger partial charge in [0.2, 0.25) is 0 Å². The van der Waals surface area contributed by atoms with Crippen molar-refractivity contribution in [3.8, 4) is 5.75 Å². The van der Waals surface area contributed by atoms with Crippen molar-refractivity contribution in [1.82, 2.24) is 24.5 Å². The minimum Gasteiger partial charge on any atom is -0.507 e. The molecule has 4 aromatic rings. The van der Waals surface area contributed by atoms with Gasteiger partial charge >= 0.3 is 0 Å². The third kappa shape index (κ3) is 2.84. The first-order chi connectivity index (χ1) is 12.9. The predicted octanol–water partition coefficient (Wildman–Crippen LogP) is 2.32. The Bertz CT molecular complexity index is 1250. The van der Waals surface area contributed by atoms with E-state index in [0.29, 0.717) is 11.3 Å². The van der Waals surface area contributed by atoms with Crippen molar-refractivity contribution in [3.05, 3.63) is 64.3 Å². The van der Waals surface area contributed by atoms with Gasteiger partial charge in [0, 0.05) is 11.0 Å². The minimum absolute atomic E-state index is 0.0769. The molecule has 0 fully saturated rings. The zero-order valence-electron chi connectivity index (χ0n) is 15.2. The molecular weight excluding hydrogens is 344 g/mol. The lowest BCUT2D eigenvalue weighted by Gasteiger charge is -2.16. The smallest absolute Gasteiger partial charge is 0.298 e. The number of phenols is 1. The van der Waals surface area contributed by atoms with E-state index in [0.717, 1.165) is 15.4 Å². The van der Waals surface area contributed by atoms with Gasteiger partial charge in [-0.1, -0.05) is 51.1 Å². The number of rotatable bonds is 2. The van der Waals surface area contributed by atoms with Gasteiger partial charge in [-0.05, 0) is 16.8 Å². The van der Waals surface area contributed by atoms with Crippen molar-refractivity contribution in [1.29, 1.82) is 0 Å². The second-order valence-corrected chi connectivity index (χ2v) is 7.26. The molecule has 2 aromatic heterocycles. The molecule has 2 heterocycles. The van der Waals surface area contributed by atoms with Gasteiger partial charge in [0.1, 0.15) is 17.8 Å². The van der Waals surface area contributed by atoms with Gasteiger partial charge in [0.05, 0.1) is 6.21 Å². The molecule has 0 unspecified atom stereocenters. The fourth-order valence-corrected chi connectivity index (χ4v) is 2.89. The standard InChI is InChI=1S/C19H18N6O2/c1-19(2,3)16-17(27)25(18-22-20-11-24(18)23-16)21-10-14-13-7-5-4-6-12(13)8-9-15(14)26/h4-11,26H,1-3H3/b21-10+. The maximum atomic E-state index is 12.9. The molecule has 0 saturated heterocycles. The van der Waals surface area contributed by atoms with Crippen LogP contribution in [0.15, 0.2) is 52.6 Å². The molecule has 0 bridgehead atoms. The van der Waals surface area contributed by atoms with Crippen LogP contribution in [0.25, 0.3) is 16.6 Å². The summed E-state index contributed by atoms with van der Waals surface area (Å²) in [6, 6.07) is 11.1. The molecule has 0 aliphatic heterocycles. The summed E-state index contributed by atoms with van der Waals surface area (Å²) in [6.45, 7) is 5.70. The zero-order chi connectivity index (χ0) is 19.2. The van der Waals surface area contributed by atoms with Crippen LogP contribution >= 0.6 is 0 Å². The molecule has 136 valence electrons. The summed E-state index contributed by atoms with van der Waals surface area (Å²) >= 11 is 0. The number of aromatic nitrogens is 5. The van der Waals surface area contributed by atoms with Gasteiger partial charge in [-0.3, -0.25) is 4.79 Å². The maximum Gasteiger partial charge on any atom is 0.298 e. The van der Waals surface area contributed by atoms with Crippen LogP contribution in [0, 0.1) is 0 Å². The normalized spacial score (nSPS) is 12.4. The number of benzene rings is 2. The van der Waals surface area contributed by atoms with E-state index in [-0.39, 0.29) is 17.1 Å². The number of aromatic hydroxyl groups is 1. The van der Waals surface area contributed by atoms with Crippen LogP contribution in [0.5, 0.6) is 5.75 Å². The fourth-order valence-electron chi connectivity index (χ4n) is 2.89. The molecule has 0 saturated carbocycles. The van der Waals surface area contributed by atoms with E-state index in [1.54, 1.807) is 6.07 Å². The van der Waals surface area contributed by atoms with E-state index in [4.69, 9.17) is 0 Å². The topological polar surface area (TPSA) is 97.7 Å². The molecule has 8 heteroatoms. The highest BCUT2D eigenvalue weighted by Crippen LogP contribution is 2.25. The van der Waals surface area contributed by atoms with Crippen LogP contribution in [-0.4, -0.2) is 35.8 Å². The van der Waals surface area contributed by atoms with Crippen LogP contribution in [0.1, 0.15) is 32.0 Å². The Hall–Kier alpha value is -3.55. The summed E-state index contributed by atoms with van der Waals surface area (Å²) in [7, 11) is 0. The van der Waals surface area contributed by atoms with E-state index >= 15 is 0 Å². The SMILES string of the molecule is CC(C)(C)c1nn2cnnc2n(/N=C/c2c(O)ccc3ccccc23)c1=O. The lowest BCUT2D eigenvalue weighted by molar-refractivity contribution is 0.475. The van der Waals surface area contributed by atoms with E-state index in [1.165, 1.54) is 17.1 Å². The quantitative estimate of drug-likeness (QED) is 0.552. The number of fused-ring (bicyclic) bond motifs is 2. The van der Waals surface area contributed by atoms with Crippen LogP contribution < -0.4 is 5.56 Å². The summed E-state index contributed by atoms with van der Waals surface area (Å²) in [5.74, 6) is 0.275. The first-order valence-electron chi connectivity index (χ1n) is 8.45. The van der Waals surface area contributed by atoms with Crippen LogP contribution in [0.3, 0.4) is 0 Å². The second-order valence-electron chi connectivity index (χ2n) is 7.26. The van der Waals surface area contributed by atoms with Crippen molar-refractivity contribution in [2.45, 2.75) is 26.2 Å². The molecular formula is C19H18N6O2. The predicted molar refractivity (Wildman–Crippen MR) is 102 cm³/mol. The van der Waals surface area contributed by atoms with Gasteiger partial charge in [-0.25, -0.2) is 0 Å². The molecule has 0 spiro atoms. The Morgan fingerprint density at radius 1 is 1.15 bits per heavy atom. The Labute approximate surface area is 154 Å². The monoisotopic (exact) mass is 362 g/mol. The first kappa shape index (κ1) is 16.9. The number of hydrogen-bond acceptors (Lipinski definition) is 6. The number of hydrogen-bond donors (Lipinski definition) is 1. The Kier molecular flexibility index (Phi) is 3.76. The second kappa shape index (κ2) is 6.01. The Balaban J connectivity index is 1.95. The lowest BCUT2D eigenvalue weighted by Crippen LogP contribution is -2.33. The summed E-state index contributed by atoms with van der Waals surface area (Å²) in [4.78, 5) is 12.9. The molecule has 4 rings (SSSR count). The average molecular weight is 362 g/mol. The minimum atomic E-state index is -0.478. The van der Waals surface area contributed by atoms with E-state index < -0.39 is 5.41 Å². The van der Waals surface area contributed by atoms with Crippen molar-refractivity contribution < 1.29 is 5.11 Å². The number of phenolic OH excluding ortho intramolecular Hbond substituents is 1. The van der Waals surface area contributed by atoms with Gasteiger partial charge < -0.3 is 5.11 Å². The van der Waals surface area contributed by atoms with Crippen molar-refractivity contribution in [2.24, 2.45) is 5.10 Å². The summed E-state index contributed by atoms with van der Waals surface area (Å²) in [5.41, 5.74) is 0.00819. The molecule has 0 amide bonds. The van der Waals surface area contributed by atoms with E-state index in [1.807, 2.05) is 51.1 Å².